The van der Waals surface area contributed by atoms with Crippen LogP contribution in [0.4, 0.5) is 0 Å². The molecule has 0 bridgehead atoms. The number of ether oxygens (including phenoxy) is 1. The van der Waals surface area contributed by atoms with Crippen LogP contribution in [0.5, 0.6) is 5.75 Å². The van der Waals surface area contributed by atoms with Crippen LogP contribution >= 0.6 is 0 Å². The van der Waals surface area contributed by atoms with E-state index in [4.69, 9.17) is 9.15 Å². The fourth-order valence-corrected chi connectivity index (χ4v) is 3.55. The Hall–Kier alpha value is -3.15. The van der Waals surface area contributed by atoms with E-state index in [9.17, 15) is 9.59 Å². The van der Waals surface area contributed by atoms with Crippen LogP contribution in [0.3, 0.4) is 0 Å². The average molecular weight is 378 g/mol. The van der Waals surface area contributed by atoms with Crippen molar-refractivity contribution in [2.75, 3.05) is 19.7 Å². The van der Waals surface area contributed by atoms with Crippen LogP contribution < -0.4 is 4.74 Å². The molecule has 4 rings (SSSR count). The highest BCUT2D eigenvalue weighted by Gasteiger charge is 2.27. The van der Waals surface area contributed by atoms with Gasteiger partial charge in [0.25, 0.3) is 5.91 Å². The van der Waals surface area contributed by atoms with Crippen molar-refractivity contribution in [2.24, 2.45) is 0 Å². The number of oxazole rings is 1. The maximum Gasteiger partial charge on any atom is 0.260 e. The lowest BCUT2D eigenvalue weighted by atomic mass is 9.97. The molecule has 1 saturated heterocycles. The number of carbonyl (C=O) groups excluding carboxylic acids is 2. The molecule has 6 nitrogen and oxygen atoms in total. The first-order valence-corrected chi connectivity index (χ1v) is 9.48. The zero-order valence-corrected chi connectivity index (χ0v) is 15.8. The molecule has 3 aromatic rings. The standard InChI is InChI=1S/C22H22N2O4/c1-15(25)17-6-2-4-8-19(17)27-14-21(26)24-12-10-16(11-13-24)22-23-18-7-3-5-9-20(18)28-22/h2-9,16H,10-14H2,1H3. The minimum absolute atomic E-state index is 0.0716. The Morgan fingerprint density at radius 3 is 2.57 bits per heavy atom. The molecule has 1 aliphatic rings. The third-order valence-electron chi connectivity index (χ3n) is 5.12. The number of Topliss-reactive ketones (excluding diaryl/α,β-unsaturated/α-hetero) is 1. The number of ketones is 1. The van der Waals surface area contributed by atoms with Gasteiger partial charge < -0.3 is 14.1 Å². The fourth-order valence-electron chi connectivity index (χ4n) is 3.55. The van der Waals surface area contributed by atoms with E-state index in [0.717, 1.165) is 29.8 Å². The molecule has 0 N–H and O–H groups in total. The van der Waals surface area contributed by atoms with Crippen LogP contribution in [0.1, 0.15) is 41.9 Å². The minimum Gasteiger partial charge on any atom is -0.483 e. The number of rotatable bonds is 5. The summed E-state index contributed by atoms with van der Waals surface area (Å²) < 4.78 is 11.5. The van der Waals surface area contributed by atoms with Crippen molar-refractivity contribution in [2.45, 2.75) is 25.7 Å². The summed E-state index contributed by atoms with van der Waals surface area (Å²) in [6, 6.07) is 14.7. The van der Waals surface area contributed by atoms with Crippen LogP contribution in [0.15, 0.2) is 52.9 Å². The third-order valence-corrected chi connectivity index (χ3v) is 5.12. The average Bonchev–Trinajstić information content (AvgIpc) is 3.16. The lowest BCUT2D eigenvalue weighted by Gasteiger charge is -2.30. The van der Waals surface area contributed by atoms with Crippen molar-refractivity contribution in [3.05, 3.63) is 60.0 Å². The number of piperidine rings is 1. The highest BCUT2D eigenvalue weighted by atomic mass is 16.5. The molecule has 1 aliphatic heterocycles. The smallest absolute Gasteiger partial charge is 0.260 e. The molecule has 2 heterocycles. The number of benzene rings is 2. The van der Waals surface area contributed by atoms with Gasteiger partial charge in [-0.25, -0.2) is 4.98 Å². The van der Waals surface area contributed by atoms with Gasteiger partial charge in [0.1, 0.15) is 11.3 Å². The summed E-state index contributed by atoms with van der Waals surface area (Å²) in [4.78, 5) is 30.6. The van der Waals surface area contributed by atoms with Crippen LogP contribution in [-0.2, 0) is 4.79 Å². The van der Waals surface area contributed by atoms with E-state index in [1.807, 2.05) is 24.3 Å². The Bertz CT molecular complexity index is 969. The van der Waals surface area contributed by atoms with Gasteiger partial charge in [-0.2, -0.15) is 0 Å². The molecule has 144 valence electrons. The van der Waals surface area contributed by atoms with Crippen molar-refractivity contribution in [1.29, 1.82) is 0 Å². The molecular formula is C22H22N2O4. The number of aromatic nitrogens is 1. The van der Waals surface area contributed by atoms with E-state index >= 15 is 0 Å². The Morgan fingerprint density at radius 2 is 1.82 bits per heavy atom. The third kappa shape index (κ3) is 3.76. The summed E-state index contributed by atoms with van der Waals surface area (Å²) in [6.07, 6.45) is 1.62. The molecule has 0 unspecified atom stereocenters. The van der Waals surface area contributed by atoms with Gasteiger partial charge in [-0.3, -0.25) is 9.59 Å². The highest BCUT2D eigenvalue weighted by Crippen LogP contribution is 2.30. The minimum atomic E-state index is -0.0813. The van der Waals surface area contributed by atoms with Crippen molar-refractivity contribution < 1.29 is 18.7 Å². The first-order chi connectivity index (χ1) is 13.6. The van der Waals surface area contributed by atoms with Crippen molar-refractivity contribution >= 4 is 22.8 Å². The van der Waals surface area contributed by atoms with Gasteiger partial charge in [0.2, 0.25) is 0 Å². The zero-order chi connectivity index (χ0) is 19.5. The van der Waals surface area contributed by atoms with Crippen molar-refractivity contribution in [3.8, 4) is 5.75 Å². The number of carbonyl (C=O) groups is 2. The van der Waals surface area contributed by atoms with Crippen LogP contribution in [0.2, 0.25) is 0 Å². The van der Waals surface area contributed by atoms with E-state index in [-0.39, 0.29) is 24.2 Å². The number of fused-ring (bicyclic) bond motifs is 1. The van der Waals surface area contributed by atoms with E-state index < -0.39 is 0 Å². The normalized spacial score (nSPS) is 15.0. The van der Waals surface area contributed by atoms with E-state index in [1.54, 1.807) is 29.2 Å². The van der Waals surface area contributed by atoms with Crippen molar-refractivity contribution in [1.82, 2.24) is 9.88 Å². The summed E-state index contributed by atoms with van der Waals surface area (Å²) in [5.41, 5.74) is 2.16. The Kier molecular flexibility index (Phi) is 5.10. The van der Waals surface area contributed by atoms with Crippen LogP contribution in [-0.4, -0.2) is 41.3 Å². The first-order valence-electron chi connectivity index (χ1n) is 9.48. The molecule has 0 spiro atoms. The molecule has 28 heavy (non-hydrogen) atoms. The topological polar surface area (TPSA) is 72.6 Å². The Morgan fingerprint density at radius 1 is 1.11 bits per heavy atom. The van der Waals surface area contributed by atoms with Crippen LogP contribution in [0, 0.1) is 0 Å². The molecule has 0 saturated carbocycles. The summed E-state index contributed by atoms with van der Waals surface area (Å²) in [6.45, 7) is 2.69. The summed E-state index contributed by atoms with van der Waals surface area (Å²) >= 11 is 0. The maximum atomic E-state index is 12.5. The van der Waals surface area contributed by atoms with Gasteiger partial charge in [-0.15, -0.1) is 0 Å². The second kappa shape index (κ2) is 7.84. The molecular weight excluding hydrogens is 356 g/mol. The molecule has 0 radical (unpaired) electrons. The number of likely N-dealkylation sites (tertiary alicyclic amines) is 1. The molecule has 0 atom stereocenters. The first kappa shape index (κ1) is 18.2. The molecule has 1 amide bonds. The monoisotopic (exact) mass is 378 g/mol. The zero-order valence-electron chi connectivity index (χ0n) is 15.8. The molecule has 1 fully saturated rings. The summed E-state index contributed by atoms with van der Waals surface area (Å²) in [5.74, 6) is 1.26. The molecule has 1 aromatic heterocycles. The van der Waals surface area contributed by atoms with Crippen molar-refractivity contribution in [3.63, 3.8) is 0 Å². The lowest BCUT2D eigenvalue weighted by Crippen LogP contribution is -2.40. The number of nitrogens with zero attached hydrogens (tertiary/aromatic N) is 2. The van der Waals surface area contributed by atoms with Gasteiger partial charge in [-0.1, -0.05) is 24.3 Å². The lowest BCUT2D eigenvalue weighted by molar-refractivity contribution is -0.134. The molecule has 0 aliphatic carbocycles. The predicted octanol–water partition coefficient (Wildman–Crippen LogP) is 3.82. The van der Waals surface area contributed by atoms with E-state index in [1.165, 1.54) is 6.92 Å². The largest absolute Gasteiger partial charge is 0.483 e. The summed E-state index contributed by atoms with van der Waals surface area (Å²) in [5, 5.41) is 0. The SMILES string of the molecule is CC(=O)c1ccccc1OCC(=O)N1CCC(c2nc3ccccc3o2)CC1. The fraction of sp³-hybridized carbons (Fsp3) is 0.318. The van der Waals surface area contributed by atoms with Gasteiger partial charge in [-0.05, 0) is 44.0 Å². The Balaban J connectivity index is 1.33. The highest BCUT2D eigenvalue weighted by molar-refractivity contribution is 5.96. The maximum absolute atomic E-state index is 12.5. The second-order valence-corrected chi connectivity index (χ2v) is 7.02. The number of amides is 1. The Labute approximate surface area is 163 Å². The van der Waals surface area contributed by atoms with Crippen LogP contribution in [0.25, 0.3) is 11.1 Å². The van der Waals surface area contributed by atoms with Gasteiger partial charge in [0.05, 0.1) is 5.56 Å². The predicted molar refractivity (Wildman–Crippen MR) is 105 cm³/mol. The van der Waals surface area contributed by atoms with Gasteiger partial charge >= 0.3 is 0 Å². The van der Waals surface area contributed by atoms with E-state index in [2.05, 4.69) is 4.98 Å². The van der Waals surface area contributed by atoms with E-state index in [0.29, 0.717) is 24.4 Å². The number of hydrogen-bond donors (Lipinski definition) is 0. The molecule has 2 aromatic carbocycles. The number of para-hydroxylation sites is 3. The second-order valence-electron chi connectivity index (χ2n) is 7.02. The quantitative estimate of drug-likeness (QED) is 0.631. The van der Waals surface area contributed by atoms with Gasteiger partial charge in [0, 0.05) is 19.0 Å². The van der Waals surface area contributed by atoms with Gasteiger partial charge in [0.15, 0.2) is 23.9 Å². The summed E-state index contributed by atoms with van der Waals surface area (Å²) in [7, 11) is 0. The molecule has 6 heteroatoms. The number of hydrogen-bond acceptors (Lipinski definition) is 5.